The van der Waals surface area contributed by atoms with Crippen LogP contribution in [-0.2, 0) is 9.59 Å². The van der Waals surface area contributed by atoms with E-state index in [2.05, 4.69) is 25.4 Å². The van der Waals surface area contributed by atoms with Crippen molar-refractivity contribution in [2.75, 3.05) is 56.0 Å². The molecule has 2 aromatic carbocycles. The van der Waals surface area contributed by atoms with Gasteiger partial charge >= 0.3 is 0 Å². The lowest BCUT2D eigenvalue weighted by atomic mass is 10.0. The first-order chi connectivity index (χ1) is 19.4. The van der Waals surface area contributed by atoms with Gasteiger partial charge in [0.15, 0.2) is 0 Å². The first-order valence-corrected chi connectivity index (χ1v) is 13.3. The highest BCUT2D eigenvalue weighted by Gasteiger charge is 2.45. The van der Waals surface area contributed by atoms with Gasteiger partial charge in [-0.3, -0.25) is 19.6 Å². The van der Waals surface area contributed by atoms with Crippen molar-refractivity contribution in [3.05, 3.63) is 72.7 Å². The number of anilines is 2. The number of likely N-dealkylation sites (tertiary alicyclic amines) is 1. The summed E-state index contributed by atoms with van der Waals surface area (Å²) < 4.78 is 29.1. The van der Waals surface area contributed by atoms with Gasteiger partial charge in [-0.25, -0.2) is 13.8 Å². The van der Waals surface area contributed by atoms with Crippen molar-refractivity contribution in [1.29, 1.82) is 0 Å². The summed E-state index contributed by atoms with van der Waals surface area (Å²) >= 11 is 0. The Morgan fingerprint density at radius 2 is 1.80 bits per heavy atom. The fraction of sp³-hybridized carbons (Fsp3) is 0.310. The highest BCUT2D eigenvalue weighted by atomic mass is 19.1. The first kappa shape index (κ1) is 25.9. The number of nitrogens with one attached hydrogen (secondary N) is 2. The van der Waals surface area contributed by atoms with Gasteiger partial charge in [0, 0.05) is 68.5 Å². The summed E-state index contributed by atoms with van der Waals surface area (Å²) in [6, 6.07) is 16.9. The Hall–Kier alpha value is -4.38. The quantitative estimate of drug-likeness (QED) is 0.385. The number of halogens is 2. The van der Waals surface area contributed by atoms with Crippen LogP contribution in [0.1, 0.15) is 6.42 Å². The first-order valence-electron chi connectivity index (χ1n) is 13.3. The van der Waals surface area contributed by atoms with E-state index in [1.54, 1.807) is 46.3 Å². The average molecular weight is 546 g/mol. The van der Waals surface area contributed by atoms with Gasteiger partial charge in [-0.1, -0.05) is 6.07 Å². The van der Waals surface area contributed by atoms with Crippen LogP contribution in [0, 0.1) is 5.82 Å². The number of H-pyrrole nitrogens is 1. The number of alkyl halides is 1. The van der Waals surface area contributed by atoms with E-state index in [0.717, 1.165) is 16.7 Å². The second kappa shape index (κ2) is 10.6. The number of fused-ring (bicyclic) bond motifs is 1. The maximum absolute atomic E-state index is 15.8. The minimum atomic E-state index is -2.11. The lowest BCUT2D eigenvalue weighted by Crippen LogP contribution is -2.51. The van der Waals surface area contributed by atoms with Crippen LogP contribution >= 0.6 is 0 Å². The van der Waals surface area contributed by atoms with Crippen LogP contribution in [0.4, 0.5) is 20.3 Å². The third kappa shape index (κ3) is 5.24. The van der Waals surface area contributed by atoms with E-state index in [0.29, 0.717) is 49.7 Å². The molecule has 2 aliphatic heterocycles. The molecule has 4 aromatic rings. The minimum absolute atomic E-state index is 0.00829. The van der Waals surface area contributed by atoms with Crippen LogP contribution < -0.4 is 10.2 Å². The van der Waals surface area contributed by atoms with Crippen LogP contribution in [0.2, 0.25) is 0 Å². The summed E-state index contributed by atoms with van der Waals surface area (Å²) in [6.07, 6.45) is 1.76. The van der Waals surface area contributed by atoms with Gasteiger partial charge in [-0.15, -0.1) is 0 Å². The molecule has 0 saturated carbocycles. The molecule has 2 aliphatic rings. The molecule has 2 saturated heterocycles. The molecule has 11 heteroatoms. The Bertz CT molecular complexity index is 1520. The van der Waals surface area contributed by atoms with Crippen LogP contribution in [0.5, 0.6) is 0 Å². The van der Waals surface area contributed by atoms with Gasteiger partial charge in [-0.05, 0) is 54.6 Å². The van der Waals surface area contributed by atoms with Gasteiger partial charge < -0.3 is 15.1 Å². The van der Waals surface area contributed by atoms with Gasteiger partial charge in [0.1, 0.15) is 11.6 Å². The molecule has 0 aliphatic carbocycles. The highest BCUT2D eigenvalue weighted by Crippen LogP contribution is 2.31. The number of aromatic nitrogens is 3. The molecule has 2 amide bonds. The molecule has 0 bridgehead atoms. The summed E-state index contributed by atoms with van der Waals surface area (Å²) in [5, 5.41) is 10.7. The van der Waals surface area contributed by atoms with Crippen LogP contribution in [0.3, 0.4) is 0 Å². The molecular formula is C29H29F2N7O2. The number of nitrogens with zero attached hydrogens (tertiary/aromatic N) is 5. The Labute approximate surface area is 229 Å². The van der Waals surface area contributed by atoms with Crippen LogP contribution in [0.25, 0.3) is 22.2 Å². The summed E-state index contributed by atoms with van der Waals surface area (Å²) in [5.74, 6) is -0.261. The number of carbonyl (C=O) groups excluding carboxylic acids is 2. The third-order valence-electron chi connectivity index (χ3n) is 7.61. The van der Waals surface area contributed by atoms with Crippen molar-refractivity contribution in [3.8, 4) is 11.3 Å². The lowest BCUT2D eigenvalue weighted by molar-refractivity contribution is -0.133. The Morgan fingerprint density at radius 3 is 2.55 bits per heavy atom. The smallest absolute Gasteiger partial charge is 0.263 e. The summed E-state index contributed by atoms with van der Waals surface area (Å²) in [6.45, 7) is 2.75. The second-order valence-corrected chi connectivity index (χ2v) is 10.3. The minimum Gasteiger partial charge on any atom is -0.353 e. The van der Waals surface area contributed by atoms with E-state index in [9.17, 15) is 14.0 Å². The van der Waals surface area contributed by atoms with Crippen LogP contribution in [0.15, 0.2) is 66.9 Å². The maximum atomic E-state index is 15.8. The van der Waals surface area contributed by atoms with Gasteiger partial charge in [0.2, 0.25) is 11.6 Å². The zero-order valence-electron chi connectivity index (χ0n) is 21.8. The largest absolute Gasteiger partial charge is 0.353 e. The van der Waals surface area contributed by atoms with Crippen LogP contribution in [-0.4, -0.2) is 88.3 Å². The summed E-state index contributed by atoms with van der Waals surface area (Å²) in [4.78, 5) is 36.0. The van der Waals surface area contributed by atoms with Gasteiger partial charge in [0.05, 0.1) is 17.8 Å². The zero-order chi connectivity index (χ0) is 27.7. The van der Waals surface area contributed by atoms with Crippen molar-refractivity contribution in [2.45, 2.75) is 12.1 Å². The average Bonchev–Trinajstić information content (AvgIpc) is 3.58. The molecule has 0 spiro atoms. The molecule has 2 N–H and O–H groups in total. The molecule has 2 aromatic heterocycles. The Morgan fingerprint density at radius 1 is 1.00 bits per heavy atom. The fourth-order valence-electron chi connectivity index (χ4n) is 5.35. The van der Waals surface area contributed by atoms with E-state index in [1.165, 1.54) is 12.1 Å². The number of hydrogen-bond acceptors (Lipinski definition) is 6. The molecule has 6 rings (SSSR count). The Kier molecular flexibility index (Phi) is 6.89. The molecule has 9 nitrogen and oxygen atoms in total. The molecule has 40 heavy (non-hydrogen) atoms. The van der Waals surface area contributed by atoms with E-state index in [1.807, 2.05) is 18.2 Å². The van der Waals surface area contributed by atoms with Crippen molar-refractivity contribution in [3.63, 3.8) is 0 Å². The molecule has 206 valence electrons. The molecule has 1 atom stereocenters. The predicted octanol–water partition coefficient (Wildman–Crippen LogP) is 3.47. The van der Waals surface area contributed by atoms with Crippen molar-refractivity contribution >= 4 is 34.2 Å². The number of benzene rings is 2. The maximum Gasteiger partial charge on any atom is 0.263 e. The second-order valence-electron chi connectivity index (χ2n) is 10.3. The van der Waals surface area contributed by atoms with E-state index < -0.39 is 11.6 Å². The van der Waals surface area contributed by atoms with Crippen molar-refractivity contribution < 1.29 is 18.4 Å². The SMILES string of the molecule is O=C(CN1CCC(F)(C(=O)Nc2ccc3[nH]nc(-c4ccc(F)cc4)c3c2)C1)N1CCN(c2ccccn2)CC1. The highest BCUT2D eigenvalue weighted by molar-refractivity contribution is 6.01. The number of amides is 2. The monoisotopic (exact) mass is 545 g/mol. The summed E-state index contributed by atoms with van der Waals surface area (Å²) in [5.41, 5.74) is 0.376. The molecule has 1 unspecified atom stereocenters. The fourth-order valence-corrected chi connectivity index (χ4v) is 5.35. The van der Waals surface area contributed by atoms with E-state index >= 15 is 4.39 Å². The van der Waals surface area contributed by atoms with Gasteiger partial charge in [-0.2, -0.15) is 5.10 Å². The number of aromatic amines is 1. The molecular weight excluding hydrogens is 516 g/mol. The zero-order valence-corrected chi connectivity index (χ0v) is 21.8. The lowest BCUT2D eigenvalue weighted by Gasteiger charge is -2.36. The number of hydrogen-bond donors (Lipinski definition) is 2. The van der Waals surface area contributed by atoms with E-state index in [-0.39, 0.29) is 31.2 Å². The third-order valence-corrected chi connectivity index (χ3v) is 7.61. The van der Waals surface area contributed by atoms with E-state index in [4.69, 9.17) is 0 Å². The number of rotatable bonds is 6. The standard InChI is InChI=1S/C29H29F2N7O2/c30-21-6-4-20(5-7-21)27-23-17-22(8-9-24(23)34-35-27)33-28(40)29(31)10-12-36(19-29)18-26(39)38-15-13-37(14-16-38)25-3-1-2-11-32-25/h1-9,11,17H,10,12-16,18-19H2,(H,33,40)(H,34,35). The number of piperazine rings is 1. The normalized spacial score (nSPS) is 19.8. The van der Waals surface area contributed by atoms with Crippen molar-refractivity contribution in [1.82, 2.24) is 25.0 Å². The molecule has 4 heterocycles. The predicted molar refractivity (Wildman–Crippen MR) is 148 cm³/mol. The number of carbonyl (C=O) groups is 2. The molecule has 2 fully saturated rings. The van der Waals surface area contributed by atoms with Crippen molar-refractivity contribution in [2.24, 2.45) is 0 Å². The topological polar surface area (TPSA) is 97.5 Å². The number of pyridine rings is 1. The van der Waals surface area contributed by atoms with Gasteiger partial charge in [0.25, 0.3) is 5.91 Å². The molecule has 0 radical (unpaired) electrons. The summed E-state index contributed by atoms with van der Waals surface area (Å²) in [7, 11) is 0. The Balaban J connectivity index is 1.05.